The molecule has 0 amide bonds. The van der Waals surface area contributed by atoms with Crippen LogP contribution < -0.4 is 29.6 Å². The SMILES string of the molecule is C[N+](C)(C)C.Cl.[H-].[Na+]. The van der Waals surface area contributed by atoms with Crippen LogP contribution in [0, 0.1) is 0 Å². The third-order valence-electron chi connectivity index (χ3n) is 0. The monoisotopic (exact) mass is 134 g/mol. The van der Waals surface area contributed by atoms with Crippen molar-refractivity contribution in [3.63, 3.8) is 0 Å². The number of rotatable bonds is 0. The molecule has 0 aliphatic rings. The van der Waals surface area contributed by atoms with Gasteiger partial charge in [-0.25, -0.2) is 0 Å². The maximum Gasteiger partial charge on any atom is 1.00 e. The summed E-state index contributed by atoms with van der Waals surface area (Å²) in [6.45, 7) is 0. The Morgan fingerprint density at radius 3 is 1.00 bits per heavy atom. The second-order valence-corrected chi connectivity index (χ2v) is 2.68. The quantitative estimate of drug-likeness (QED) is 0.262. The van der Waals surface area contributed by atoms with E-state index in [2.05, 4.69) is 28.2 Å². The Balaban J connectivity index is -0.0000000267. The molecule has 0 N–H and O–H groups in total. The van der Waals surface area contributed by atoms with E-state index in [0.29, 0.717) is 0 Å². The van der Waals surface area contributed by atoms with Gasteiger partial charge in [-0.1, -0.05) is 0 Å². The van der Waals surface area contributed by atoms with Crippen LogP contribution in [-0.4, -0.2) is 32.7 Å². The van der Waals surface area contributed by atoms with Crippen LogP contribution in [0.2, 0.25) is 0 Å². The van der Waals surface area contributed by atoms with Gasteiger partial charge in [0.2, 0.25) is 0 Å². The van der Waals surface area contributed by atoms with Gasteiger partial charge in [0.25, 0.3) is 0 Å². The molecule has 0 aliphatic carbocycles. The molecule has 0 aromatic heterocycles. The summed E-state index contributed by atoms with van der Waals surface area (Å²) in [5.41, 5.74) is 0. The van der Waals surface area contributed by atoms with E-state index in [-0.39, 0.29) is 43.4 Å². The van der Waals surface area contributed by atoms with Crippen molar-refractivity contribution in [1.82, 2.24) is 0 Å². The molecule has 0 radical (unpaired) electrons. The Bertz CT molecular complexity index is 31.5. The van der Waals surface area contributed by atoms with Crippen LogP contribution in [0.1, 0.15) is 1.43 Å². The van der Waals surface area contributed by atoms with Crippen molar-refractivity contribution >= 4 is 12.4 Å². The molecule has 0 unspecified atom stereocenters. The molecule has 0 fully saturated rings. The molecule has 0 aromatic rings. The smallest absolute Gasteiger partial charge is 1.00 e. The van der Waals surface area contributed by atoms with Crippen molar-refractivity contribution in [3.05, 3.63) is 0 Å². The van der Waals surface area contributed by atoms with Gasteiger partial charge >= 0.3 is 29.6 Å². The van der Waals surface area contributed by atoms with E-state index in [4.69, 9.17) is 0 Å². The van der Waals surface area contributed by atoms with E-state index in [9.17, 15) is 0 Å². The molecule has 7 heavy (non-hydrogen) atoms. The Hall–Kier alpha value is 1.25. The standard InChI is InChI=1S/C4H12N.ClH.Na.H/c1-5(2,3)4;;;/h1-4H3;1H;;/q+1;;+1;-1. The fourth-order valence-electron chi connectivity index (χ4n) is 0. The zero-order valence-corrected chi connectivity index (χ0v) is 8.67. The van der Waals surface area contributed by atoms with Crippen molar-refractivity contribution < 1.29 is 35.5 Å². The summed E-state index contributed by atoms with van der Waals surface area (Å²) >= 11 is 0. The van der Waals surface area contributed by atoms with Gasteiger partial charge in [0.15, 0.2) is 0 Å². The van der Waals surface area contributed by atoms with Gasteiger partial charge in [0.1, 0.15) is 0 Å². The van der Waals surface area contributed by atoms with Crippen LogP contribution in [0.5, 0.6) is 0 Å². The Morgan fingerprint density at radius 1 is 1.00 bits per heavy atom. The van der Waals surface area contributed by atoms with Crippen molar-refractivity contribution in [2.45, 2.75) is 0 Å². The maximum absolute atomic E-state index is 2.12. The van der Waals surface area contributed by atoms with Crippen molar-refractivity contribution in [3.8, 4) is 0 Å². The van der Waals surface area contributed by atoms with Gasteiger partial charge in [-0.3, -0.25) is 0 Å². The van der Waals surface area contributed by atoms with E-state index < -0.39 is 0 Å². The topological polar surface area (TPSA) is 0 Å². The zero-order chi connectivity index (χ0) is 4.50. The average Bonchev–Trinajstić information content (AvgIpc) is 0.722. The van der Waals surface area contributed by atoms with Crippen LogP contribution >= 0.6 is 12.4 Å². The van der Waals surface area contributed by atoms with Gasteiger partial charge in [0.05, 0.1) is 28.2 Å². The summed E-state index contributed by atoms with van der Waals surface area (Å²) in [4.78, 5) is 0. The average molecular weight is 135 g/mol. The first-order valence-corrected chi connectivity index (χ1v) is 1.79. The molecule has 0 bridgehead atoms. The van der Waals surface area contributed by atoms with E-state index in [1.165, 1.54) is 0 Å². The molecule has 42 valence electrons. The molecular weight excluding hydrogens is 120 g/mol. The fourth-order valence-corrected chi connectivity index (χ4v) is 0. The zero-order valence-electron chi connectivity index (χ0n) is 6.86. The van der Waals surface area contributed by atoms with Gasteiger partial charge in [-0.15, -0.1) is 12.4 Å². The first-order valence-electron chi connectivity index (χ1n) is 1.79. The second-order valence-electron chi connectivity index (χ2n) is 2.68. The Morgan fingerprint density at radius 2 is 1.00 bits per heavy atom. The summed E-state index contributed by atoms with van der Waals surface area (Å²) in [5.74, 6) is 0. The number of nitrogens with zero attached hydrogens (tertiary/aromatic N) is 1. The second kappa shape index (κ2) is 5.39. The summed E-state index contributed by atoms with van der Waals surface area (Å²) in [6, 6.07) is 0. The molecule has 0 saturated heterocycles. The predicted octanol–water partition coefficient (Wildman–Crippen LogP) is -2.14. The number of quaternary nitrogens is 1. The van der Waals surface area contributed by atoms with E-state index in [1.807, 2.05) is 0 Å². The van der Waals surface area contributed by atoms with Gasteiger partial charge in [-0.2, -0.15) is 0 Å². The number of halogens is 1. The van der Waals surface area contributed by atoms with Crippen molar-refractivity contribution in [2.75, 3.05) is 28.2 Å². The van der Waals surface area contributed by atoms with E-state index in [0.717, 1.165) is 4.48 Å². The largest absolute Gasteiger partial charge is 1.00 e. The first-order chi connectivity index (χ1) is 2.00. The summed E-state index contributed by atoms with van der Waals surface area (Å²) in [6.07, 6.45) is 0. The van der Waals surface area contributed by atoms with Crippen molar-refractivity contribution in [2.24, 2.45) is 0 Å². The van der Waals surface area contributed by atoms with Gasteiger partial charge < -0.3 is 5.91 Å². The van der Waals surface area contributed by atoms with E-state index >= 15 is 0 Å². The van der Waals surface area contributed by atoms with Crippen LogP contribution in [0.3, 0.4) is 0 Å². The Labute approximate surface area is 75.9 Å². The number of hydrogen-bond donors (Lipinski definition) is 0. The van der Waals surface area contributed by atoms with E-state index in [1.54, 1.807) is 0 Å². The minimum Gasteiger partial charge on any atom is -1.00 e. The molecule has 3 heteroatoms. The minimum atomic E-state index is 0. The predicted molar refractivity (Wildman–Crippen MR) is 32.3 cm³/mol. The third kappa shape index (κ3) is 128. The molecule has 0 saturated carbocycles. The normalized spacial score (nSPS) is 8.57. The minimum absolute atomic E-state index is 0. The molecule has 0 aliphatic heterocycles. The molecule has 0 heterocycles. The van der Waals surface area contributed by atoms with Crippen LogP contribution in [0.4, 0.5) is 0 Å². The first kappa shape index (κ1) is 15.7. The summed E-state index contributed by atoms with van der Waals surface area (Å²) in [7, 11) is 8.50. The van der Waals surface area contributed by atoms with Gasteiger partial charge in [-0.05, 0) is 0 Å². The van der Waals surface area contributed by atoms with Gasteiger partial charge in [0, 0.05) is 0 Å². The molecule has 0 atom stereocenters. The molecule has 1 nitrogen and oxygen atoms in total. The molecule has 0 aromatic carbocycles. The maximum atomic E-state index is 2.12. The molecule has 0 rings (SSSR count). The summed E-state index contributed by atoms with van der Waals surface area (Å²) in [5, 5.41) is 0. The third-order valence-corrected chi connectivity index (χ3v) is 0. The fraction of sp³-hybridized carbons (Fsp3) is 1.00. The summed E-state index contributed by atoms with van der Waals surface area (Å²) < 4.78 is 1.00. The molecular formula is C4H14ClNNa+. The van der Waals surface area contributed by atoms with Crippen LogP contribution in [0.15, 0.2) is 0 Å². The Kier molecular flexibility index (Phi) is 12.1. The molecule has 0 spiro atoms. The number of hydrogen-bond acceptors (Lipinski definition) is 0. The van der Waals surface area contributed by atoms with Crippen LogP contribution in [-0.2, 0) is 0 Å². The van der Waals surface area contributed by atoms with Crippen molar-refractivity contribution in [1.29, 1.82) is 0 Å². The van der Waals surface area contributed by atoms with Crippen LogP contribution in [0.25, 0.3) is 0 Å².